The highest BCUT2D eigenvalue weighted by atomic mass is 16.6. The topological polar surface area (TPSA) is 132 Å². The average Bonchev–Trinajstić information content (AvgIpc) is 2.98. The number of pyridine rings is 1. The van der Waals surface area contributed by atoms with E-state index < -0.39 is 10.8 Å². The van der Waals surface area contributed by atoms with E-state index in [1.54, 1.807) is 42.5 Å². The Bertz CT molecular complexity index is 1830. The van der Waals surface area contributed by atoms with Crippen molar-refractivity contribution in [2.45, 2.75) is 37.9 Å². The summed E-state index contributed by atoms with van der Waals surface area (Å²) >= 11 is 0. The van der Waals surface area contributed by atoms with Crippen LogP contribution in [0.3, 0.4) is 0 Å². The zero-order chi connectivity index (χ0) is 28.2. The van der Waals surface area contributed by atoms with Gasteiger partial charge in [0.15, 0.2) is 0 Å². The van der Waals surface area contributed by atoms with Gasteiger partial charge in [0.25, 0.3) is 16.8 Å². The van der Waals surface area contributed by atoms with E-state index in [0.717, 1.165) is 23.4 Å². The molecule has 5 heterocycles. The van der Waals surface area contributed by atoms with Gasteiger partial charge in [-0.15, -0.1) is 0 Å². The van der Waals surface area contributed by atoms with Crippen molar-refractivity contribution in [3.8, 4) is 0 Å². The Morgan fingerprint density at radius 1 is 1.07 bits per heavy atom. The molecule has 3 aliphatic rings. The lowest BCUT2D eigenvalue weighted by Crippen LogP contribution is -2.61. The van der Waals surface area contributed by atoms with Crippen molar-refractivity contribution in [1.82, 2.24) is 19.4 Å². The second kappa shape index (κ2) is 9.69. The number of nitrogens with one attached hydrogen (secondary N) is 1. The van der Waals surface area contributed by atoms with Crippen LogP contribution in [0.15, 0.2) is 76.6 Å². The zero-order valence-corrected chi connectivity index (χ0v) is 22.2. The molecule has 4 aromatic rings. The van der Waals surface area contributed by atoms with Gasteiger partial charge in [0, 0.05) is 67.7 Å². The number of nitrogens with zero attached hydrogens (tertiary/aromatic N) is 5. The molecule has 41 heavy (non-hydrogen) atoms. The van der Waals surface area contributed by atoms with Crippen LogP contribution >= 0.6 is 0 Å². The molecular weight excluding hydrogens is 524 g/mol. The van der Waals surface area contributed by atoms with Crippen LogP contribution in [-0.2, 0) is 24.3 Å². The summed E-state index contributed by atoms with van der Waals surface area (Å²) in [6.45, 7) is 1.65. The Balaban J connectivity index is 1.18. The summed E-state index contributed by atoms with van der Waals surface area (Å²) in [6, 6.07) is 17.2. The molecule has 11 heteroatoms. The number of benzene rings is 2. The normalized spacial score (nSPS) is 22.4. The number of amides is 1. The molecule has 208 valence electrons. The molecule has 4 atom stereocenters. The molecule has 7 rings (SSSR count). The van der Waals surface area contributed by atoms with Crippen molar-refractivity contribution < 1.29 is 9.72 Å². The molecule has 1 N–H and O–H groups in total. The predicted molar refractivity (Wildman–Crippen MR) is 152 cm³/mol. The quantitative estimate of drug-likeness (QED) is 0.297. The molecule has 0 spiro atoms. The number of fused-ring (bicyclic) bond motifs is 9. The van der Waals surface area contributed by atoms with Gasteiger partial charge >= 0.3 is 0 Å². The van der Waals surface area contributed by atoms with Crippen molar-refractivity contribution in [3.63, 3.8) is 0 Å². The maximum Gasteiger partial charge on any atom is 0.269 e. The summed E-state index contributed by atoms with van der Waals surface area (Å²) in [5, 5.41) is 15.1. The number of anilines is 1. The maximum atomic E-state index is 13.8. The van der Waals surface area contributed by atoms with Crippen molar-refractivity contribution in [1.29, 1.82) is 0 Å². The standard InChI is InChI=1S/C30H28N6O5/c37-27-7-3-6-25-19-12-20(16-34(25)27)28-23(14-18-13-21(36(40)41)8-9-26(18)35(28)15-19)29(38)31-10-11-33-17-32-24-5-2-1-4-22(24)30(33)39/h1-9,13,17,19-20,23,28H,10-12,14-16H2,(H,31,38)/t19-,20+,23-,28+/m1/s1. The lowest BCUT2D eigenvalue weighted by molar-refractivity contribution is -0.384. The smallest absolute Gasteiger partial charge is 0.269 e. The number of carbonyl (C=O) groups is 1. The first kappa shape index (κ1) is 25.2. The Hall–Kier alpha value is -4.80. The van der Waals surface area contributed by atoms with Crippen LogP contribution in [-0.4, -0.2) is 44.1 Å². The van der Waals surface area contributed by atoms with Gasteiger partial charge in [-0.05, 0) is 48.6 Å². The molecule has 2 aromatic heterocycles. The number of rotatable bonds is 5. The molecule has 0 saturated carbocycles. The Morgan fingerprint density at radius 3 is 2.78 bits per heavy atom. The molecule has 1 saturated heterocycles. The molecule has 2 bridgehead atoms. The predicted octanol–water partition coefficient (Wildman–Crippen LogP) is 2.45. The Kier molecular flexibility index (Phi) is 5.95. The SMILES string of the molecule is O=C(NCCn1cnc2ccccc2c1=O)[C@@H]1Cc2cc([N+](=O)[O-])ccc2N2C[C@H]3C[C@@H](Cn4c3cccc4=O)[C@@H]12. The fourth-order valence-electron chi connectivity index (χ4n) is 7.15. The highest BCUT2D eigenvalue weighted by molar-refractivity contribution is 5.82. The number of nitro benzene ring substituents is 1. The summed E-state index contributed by atoms with van der Waals surface area (Å²) < 4.78 is 3.33. The van der Waals surface area contributed by atoms with Gasteiger partial charge in [-0.1, -0.05) is 18.2 Å². The summed E-state index contributed by atoms with van der Waals surface area (Å²) in [7, 11) is 0. The lowest BCUT2D eigenvalue weighted by Gasteiger charge is -2.54. The molecule has 11 nitrogen and oxygen atoms in total. The number of carbonyl (C=O) groups excluding carboxylic acids is 1. The molecule has 0 unspecified atom stereocenters. The second-order valence-electron chi connectivity index (χ2n) is 11.2. The minimum Gasteiger partial charge on any atom is -0.366 e. The number of nitro groups is 1. The summed E-state index contributed by atoms with van der Waals surface area (Å²) in [5.41, 5.74) is 3.11. The van der Waals surface area contributed by atoms with E-state index in [0.29, 0.717) is 30.4 Å². The Labute approximate surface area is 234 Å². The van der Waals surface area contributed by atoms with Crippen molar-refractivity contribution >= 4 is 28.2 Å². The number of piperidine rings is 1. The molecule has 1 amide bonds. The van der Waals surface area contributed by atoms with Crippen LogP contribution in [0.1, 0.15) is 23.6 Å². The van der Waals surface area contributed by atoms with Gasteiger partial charge in [-0.3, -0.25) is 29.1 Å². The van der Waals surface area contributed by atoms with Crippen molar-refractivity contribution in [2.75, 3.05) is 18.0 Å². The van der Waals surface area contributed by atoms with Crippen LogP contribution in [0.25, 0.3) is 10.9 Å². The fourth-order valence-corrected chi connectivity index (χ4v) is 7.15. The first-order valence-corrected chi connectivity index (χ1v) is 13.8. The highest BCUT2D eigenvalue weighted by Gasteiger charge is 2.49. The molecule has 0 radical (unpaired) electrons. The number of non-ortho nitro benzene ring substituents is 1. The number of para-hydroxylation sites is 1. The van der Waals surface area contributed by atoms with E-state index in [4.69, 9.17) is 0 Å². The second-order valence-corrected chi connectivity index (χ2v) is 11.2. The first-order valence-electron chi connectivity index (χ1n) is 13.8. The molecule has 1 fully saturated rings. The minimum atomic E-state index is -0.470. The van der Waals surface area contributed by atoms with Gasteiger partial charge < -0.3 is 14.8 Å². The van der Waals surface area contributed by atoms with Gasteiger partial charge in [0.1, 0.15) is 0 Å². The highest BCUT2D eigenvalue weighted by Crippen LogP contribution is 2.47. The van der Waals surface area contributed by atoms with E-state index in [1.807, 2.05) is 16.7 Å². The third-order valence-corrected chi connectivity index (χ3v) is 8.92. The molecule has 2 aromatic carbocycles. The maximum absolute atomic E-state index is 13.8. The lowest BCUT2D eigenvalue weighted by atomic mass is 9.70. The first-order chi connectivity index (χ1) is 19.9. The largest absolute Gasteiger partial charge is 0.366 e. The van der Waals surface area contributed by atoms with Crippen LogP contribution in [0.4, 0.5) is 11.4 Å². The van der Waals surface area contributed by atoms with Gasteiger partial charge in [0.05, 0.1) is 28.1 Å². The Morgan fingerprint density at radius 2 is 1.93 bits per heavy atom. The third kappa shape index (κ3) is 4.19. The van der Waals surface area contributed by atoms with Crippen LogP contribution in [0.2, 0.25) is 0 Å². The third-order valence-electron chi connectivity index (χ3n) is 8.92. The van der Waals surface area contributed by atoms with Gasteiger partial charge in [-0.25, -0.2) is 4.98 Å². The summed E-state index contributed by atoms with van der Waals surface area (Å²) in [6.07, 6.45) is 2.72. The molecule has 0 aliphatic carbocycles. The molecular formula is C30H28N6O5. The number of aromatic nitrogens is 3. The van der Waals surface area contributed by atoms with Gasteiger partial charge in [-0.2, -0.15) is 0 Å². The van der Waals surface area contributed by atoms with E-state index >= 15 is 0 Å². The summed E-state index contributed by atoms with van der Waals surface area (Å²) in [5.74, 6) is -0.449. The number of hydrogen-bond donors (Lipinski definition) is 1. The van der Waals surface area contributed by atoms with E-state index in [9.17, 15) is 24.5 Å². The van der Waals surface area contributed by atoms with Crippen LogP contribution in [0.5, 0.6) is 0 Å². The van der Waals surface area contributed by atoms with Crippen molar-refractivity contribution in [2.24, 2.45) is 11.8 Å². The van der Waals surface area contributed by atoms with Crippen molar-refractivity contribution in [3.05, 3.63) is 109 Å². The zero-order valence-electron chi connectivity index (χ0n) is 22.2. The minimum absolute atomic E-state index is 0.00126. The van der Waals surface area contributed by atoms with E-state index in [2.05, 4.69) is 15.2 Å². The van der Waals surface area contributed by atoms with E-state index in [1.165, 1.54) is 17.0 Å². The number of hydrogen-bond acceptors (Lipinski definition) is 7. The van der Waals surface area contributed by atoms with Gasteiger partial charge in [0.2, 0.25) is 5.91 Å². The average molecular weight is 553 g/mol. The summed E-state index contributed by atoms with van der Waals surface area (Å²) in [4.78, 5) is 57.1. The fraction of sp³-hybridized carbons (Fsp3) is 0.333. The van der Waals surface area contributed by atoms with Crippen LogP contribution < -0.4 is 21.3 Å². The van der Waals surface area contributed by atoms with E-state index in [-0.39, 0.29) is 53.7 Å². The molecule has 3 aliphatic heterocycles. The van der Waals surface area contributed by atoms with Crippen LogP contribution in [0, 0.1) is 22.0 Å². The monoisotopic (exact) mass is 552 g/mol.